The van der Waals surface area contributed by atoms with E-state index in [2.05, 4.69) is 10.3 Å². The van der Waals surface area contributed by atoms with Crippen molar-refractivity contribution in [1.82, 2.24) is 14.9 Å². The molecule has 156 valence electrons. The molecule has 0 aliphatic carbocycles. The maximum Gasteiger partial charge on any atom is 0.259 e. The Morgan fingerprint density at radius 1 is 1.00 bits per heavy atom. The molecule has 0 saturated heterocycles. The number of aromatic amines is 1. The van der Waals surface area contributed by atoms with E-state index < -0.39 is 17.9 Å². The quantitative estimate of drug-likeness (QED) is 0.375. The number of nitrogens with zero attached hydrogens (tertiary/aromatic N) is 1. The third-order valence-corrected chi connectivity index (χ3v) is 5.79. The maximum absolute atomic E-state index is 13.0. The van der Waals surface area contributed by atoms with Gasteiger partial charge in [0.25, 0.3) is 11.8 Å². The van der Waals surface area contributed by atoms with Crippen LogP contribution in [-0.2, 0) is 16.1 Å². The van der Waals surface area contributed by atoms with E-state index in [4.69, 9.17) is 0 Å². The highest BCUT2D eigenvalue weighted by Crippen LogP contribution is 2.39. The van der Waals surface area contributed by atoms with Crippen LogP contribution in [0.25, 0.3) is 33.0 Å². The minimum Gasteiger partial charge on any atom is -0.394 e. The molecule has 0 radical (unpaired) electrons. The molecule has 1 aliphatic heterocycles. The van der Waals surface area contributed by atoms with Crippen molar-refractivity contribution in [2.75, 3.05) is 6.61 Å². The van der Waals surface area contributed by atoms with Crippen LogP contribution in [0.2, 0.25) is 0 Å². The van der Waals surface area contributed by atoms with Gasteiger partial charge in [0.15, 0.2) is 0 Å². The lowest BCUT2D eigenvalue weighted by molar-refractivity contribution is -0.122. The number of aromatic nitrogens is 2. The zero-order valence-corrected chi connectivity index (χ0v) is 16.8. The molecule has 7 heteroatoms. The summed E-state index contributed by atoms with van der Waals surface area (Å²) >= 11 is 0. The predicted octanol–water partition coefficient (Wildman–Crippen LogP) is 2.35. The van der Waals surface area contributed by atoms with E-state index in [0.29, 0.717) is 22.3 Å². The standard InChI is InChI=1S/C24H21N3O4/c1-13-5-4-8-19-20(13)17(11-27(19)10-14(29)12-28)22-21(23(30)26-24(22)31)16-9-25-18-7-3-2-6-15(16)18/h2-9,11,14,25,28-29H,10,12H2,1H3,(H,26,30,31). The molecule has 0 fully saturated rings. The first-order chi connectivity index (χ1) is 15.0. The van der Waals surface area contributed by atoms with Crippen molar-refractivity contribution in [3.05, 3.63) is 71.5 Å². The summed E-state index contributed by atoms with van der Waals surface area (Å²) < 4.78 is 1.81. The molecule has 1 aliphatic rings. The van der Waals surface area contributed by atoms with E-state index in [1.807, 2.05) is 54.0 Å². The Bertz CT molecular complexity index is 1390. The number of benzene rings is 2. The van der Waals surface area contributed by atoms with Gasteiger partial charge in [-0.2, -0.15) is 0 Å². The minimum atomic E-state index is -0.940. The highest BCUT2D eigenvalue weighted by molar-refractivity contribution is 6.50. The highest BCUT2D eigenvalue weighted by Gasteiger charge is 2.35. The predicted molar refractivity (Wildman–Crippen MR) is 118 cm³/mol. The number of hydrogen-bond donors (Lipinski definition) is 4. The number of hydrogen-bond acceptors (Lipinski definition) is 4. The molecule has 1 atom stereocenters. The number of carbonyl (C=O) groups is 2. The van der Waals surface area contributed by atoms with Crippen LogP contribution in [0.4, 0.5) is 0 Å². The van der Waals surface area contributed by atoms with Gasteiger partial charge >= 0.3 is 0 Å². The maximum atomic E-state index is 13.0. The van der Waals surface area contributed by atoms with Gasteiger partial charge < -0.3 is 19.8 Å². The molecular formula is C24H21N3O4. The van der Waals surface area contributed by atoms with E-state index in [9.17, 15) is 19.8 Å². The van der Waals surface area contributed by atoms with Crippen molar-refractivity contribution in [1.29, 1.82) is 0 Å². The van der Waals surface area contributed by atoms with Gasteiger partial charge in [0.2, 0.25) is 0 Å². The smallest absolute Gasteiger partial charge is 0.259 e. The lowest BCUT2D eigenvalue weighted by Gasteiger charge is -2.09. The first-order valence-electron chi connectivity index (χ1n) is 10.0. The van der Waals surface area contributed by atoms with Gasteiger partial charge in [-0.25, -0.2) is 0 Å². The summed E-state index contributed by atoms with van der Waals surface area (Å²) in [6.07, 6.45) is 2.59. The molecule has 0 saturated carbocycles. The van der Waals surface area contributed by atoms with Crippen LogP contribution in [-0.4, -0.2) is 44.3 Å². The van der Waals surface area contributed by atoms with Crippen LogP contribution < -0.4 is 5.32 Å². The van der Waals surface area contributed by atoms with Gasteiger partial charge in [-0.05, 0) is 24.6 Å². The molecule has 0 spiro atoms. The Morgan fingerprint density at radius 3 is 2.52 bits per heavy atom. The van der Waals surface area contributed by atoms with Gasteiger partial charge in [-0.15, -0.1) is 0 Å². The van der Waals surface area contributed by atoms with Crippen molar-refractivity contribution in [3.63, 3.8) is 0 Å². The van der Waals surface area contributed by atoms with Crippen molar-refractivity contribution >= 4 is 44.8 Å². The second-order valence-corrected chi connectivity index (χ2v) is 7.78. The summed E-state index contributed by atoms with van der Waals surface area (Å²) in [5, 5.41) is 23.5. The summed E-state index contributed by atoms with van der Waals surface area (Å²) in [4.78, 5) is 29.0. The fourth-order valence-corrected chi connectivity index (χ4v) is 4.40. The Kier molecular flexibility index (Phi) is 4.50. The molecule has 1 unspecified atom stereocenters. The number of para-hydroxylation sites is 1. The second kappa shape index (κ2) is 7.23. The number of amides is 2. The van der Waals surface area contributed by atoms with Crippen molar-refractivity contribution in [2.45, 2.75) is 19.6 Å². The minimum absolute atomic E-state index is 0.168. The Hall–Kier alpha value is -3.68. The number of rotatable bonds is 5. The molecule has 31 heavy (non-hydrogen) atoms. The molecule has 2 aromatic heterocycles. The number of imide groups is 1. The fourth-order valence-electron chi connectivity index (χ4n) is 4.40. The van der Waals surface area contributed by atoms with E-state index in [1.165, 1.54) is 0 Å². The molecule has 5 rings (SSSR count). The average molecular weight is 415 g/mol. The third kappa shape index (κ3) is 2.98. The summed E-state index contributed by atoms with van der Waals surface area (Å²) in [7, 11) is 0. The monoisotopic (exact) mass is 415 g/mol. The molecule has 2 amide bonds. The van der Waals surface area contributed by atoms with Crippen molar-refractivity contribution in [3.8, 4) is 0 Å². The number of nitrogens with one attached hydrogen (secondary N) is 2. The lowest BCUT2D eigenvalue weighted by Crippen LogP contribution is -2.22. The summed E-state index contributed by atoms with van der Waals surface area (Å²) in [6, 6.07) is 13.4. The second-order valence-electron chi connectivity index (χ2n) is 7.78. The van der Waals surface area contributed by atoms with Gasteiger partial charge in [0.05, 0.1) is 30.4 Å². The first-order valence-corrected chi connectivity index (χ1v) is 10.0. The Morgan fingerprint density at radius 2 is 1.74 bits per heavy atom. The zero-order valence-electron chi connectivity index (χ0n) is 16.8. The van der Waals surface area contributed by atoms with Crippen LogP contribution in [0.15, 0.2) is 54.9 Å². The number of H-pyrrole nitrogens is 1. The summed E-state index contributed by atoms with van der Waals surface area (Å²) in [5.74, 6) is -0.884. The molecule has 3 heterocycles. The number of aryl methyl sites for hydroxylation is 1. The van der Waals surface area contributed by atoms with Gasteiger partial charge in [-0.1, -0.05) is 30.3 Å². The molecular weight excluding hydrogens is 394 g/mol. The van der Waals surface area contributed by atoms with Gasteiger partial charge in [0.1, 0.15) is 0 Å². The highest BCUT2D eigenvalue weighted by atomic mass is 16.3. The van der Waals surface area contributed by atoms with Crippen LogP contribution in [0.5, 0.6) is 0 Å². The van der Waals surface area contributed by atoms with Crippen LogP contribution >= 0.6 is 0 Å². The first kappa shape index (κ1) is 19.3. The molecule has 0 bridgehead atoms. The number of aliphatic hydroxyl groups is 2. The number of fused-ring (bicyclic) bond motifs is 2. The van der Waals surface area contributed by atoms with E-state index >= 15 is 0 Å². The molecule has 4 N–H and O–H groups in total. The van der Waals surface area contributed by atoms with Gasteiger partial charge in [-0.3, -0.25) is 14.9 Å². The largest absolute Gasteiger partial charge is 0.394 e. The molecule has 4 aromatic rings. The fraction of sp³-hybridized carbons (Fsp3) is 0.167. The van der Waals surface area contributed by atoms with Crippen molar-refractivity contribution in [2.24, 2.45) is 0 Å². The van der Waals surface area contributed by atoms with E-state index in [0.717, 1.165) is 27.4 Å². The Balaban J connectivity index is 1.81. The summed E-state index contributed by atoms with van der Waals surface area (Å²) in [6.45, 7) is 1.74. The molecule has 2 aromatic carbocycles. The topological polar surface area (TPSA) is 107 Å². The number of aliphatic hydroxyl groups excluding tert-OH is 2. The van der Waals surface area contributed by atoms with Crippen molar-refractivity contribution < 1.29 is 19.8 Å². The lowest BCUT2D eigenvalue weighted by atomic mass is 9.94. The normalized spacial score (nSPS) is 15.3. The van der Waals surface area contributed by atoms with Crippen LogP contribution in [0.3, 0.4) is 0 Å². The number of carbonyl (C=O) groups excluding carboxylic acids is 2. The van der Waals surface area contributed by atoms with Gasteiger partial charge in [0, 0.05) is 45.3 Å². The average Bonchev–Trinajstić information content (AvgIpc) is 3.42. The molecule has 7 nitrogen and oxygen atoms in total. The van der Waals surface area contributed by atoms with Crippen LogP contribution in [0.1, 0.15) is 16.7 Å². The van der Waals surface area contributed by atoms with Crippen LogP contribution in [0, 0.1) is 6.92 Å². The summed E-state index contributed by atoms with van der Waals surface area (Å²) in [5.41, 5.74) is 4.57. The third-order valence-electron chi connectivity index (χ3n) is 5.79. The van der Waals surface area contributed by atoms with E-state index in [-0.39, 0.29) is 13.2 Å². The van der Waals surface area contributed by atoms with E-state index in [1.54, 1.807) is 12.4 Å². The SMILES string of the molecule is Cc1cccc2c1c(C1=C(c3c[nH]c4ccccc34)C(=O)NC1=O)cn2CC(O)CO. The zero-order chi connectivity index (χ0) is 21.7. The Labute approximate surface area is 177 Å².